The number of benzene rings is 1. The third kappa shape index (κ3) is 3.49. The maximum Gasteiger partial charge on any atom is 0.417 e. The van der Waals surface area contributed by atoms with Gasteiger partial charge in [-0.1, -0.05) is 0 Å². The van der Waals surface area contributed by atoms with Gasteiger partial charge in [0.05, 0.1) is 35.5 Å². The summed E-state index contributed by atoms with van der Waals surface area (Å²) >= 11 is 0. The number of hydrogen-bond donors (Lipinski definition) is 0. The molecule has 2 heterocycles. The Hall–Kier alpha value is -3.01. The molecule has 2 aromatic heterocycles. The molecule has 26 heavy (non-hydrogen) atoms. The number of fused-ring (bicyclic) bond motifs is 1. The molecular weight excluding hydrogens is 343 g/mol. The minimum absolute atomic E-state index is 0.0333. The van der Waals surface area contributed by atoms with Crippen molar-refractivity contribution >= 4 is 5.65 Å². The summed E-state index contributed by atoms with van der Waals surface area (Å²) in [5.41, 5.74) is 1.20. The average Bonchev–Trinajstić information content (AvgIpc) is 2.93. The highest BCUT2D eigenvalue weighted by molar-refractivity contribution is 5.67. The van der Waals surface area contributed by atoms with Crippen LogP contribution in [0, 0.1) is 11.3 Å². The van der Waals surface area contributed by atoms with E-state index >= 15 is 0 Å². The number of alkyl halides is 3. The monoisotopic (exact) mass is 359 g/mol. The molecule has 0 saturated carbocycles. The first-order valence-corrected chi connectivity index (χ1v) is 8.02. The largest absolute Gasteiger partial charge is 0.491 e. The lowest BCUT2D eigenvalue weighted by atomic mass is 10.1. The summed E-state index contributed by atoms with van der Waals surface area (Å²) < 4.78 is 45.9. The van der Waals surface area contributed by atoms with Crippen LogP contribution in [0.1, 0.15) is 25.1 Å². The van der Waals surface area contributed by atoms with E-state index < -0.39 is 11.7 Å². The SMILES string of the molecule is CC(C)Oc1ccc(-c2nc3ccc(C(F)(F)F)cn3c2CC#N)cc1. The second-order valence-electron chi connectivity index (χ2n) is 6.08. The van der Waals surface area contributed by atoms with E-state index in [0.717, 1.165) is 12.3 Å². The Morgan fingerprint density at radius 1 is 1.15 bits per heavy atom. The molecule has 3 rings (SSSR count). The van der Waals surface area contributed by atoms with Crippen molar-refractivity contribution in [1.29, 1.82) is 5.26 Å². The van der Waals surface area contributed by atoms with Crippen molar-refractivity contribution in [3.05, 3.63) is 53.9 Å². The van der Waals surface area contributed by atoms with Gasteiger partial charge in [0, 0.05) is 11.8 Å². The van der Waals surface area contributed by atoms with Crippen LogP contribution in [-0.2, 0) is 12.6 Å². The second-order valence-corrected chi connectivity index (χ2v) is 6.08. The quantitative estimate of drug-likeness (QED) is 0.667. The molecule has 0 N–H and O–H groups in total. The molecule has 0 fully saturated rings. The number of aromatic nitrogens is 2. The molecule has 4 nitrogen and oxygen atoms in total. The number of nitrogens with zero attached hydrogens (tertiary/aromatic N) is 3. The molecule has 1 aromatic carbocycles. The van der Waals surface area contributed by atoms with Gasteiger partial charge in [0.25, 0.3) is 0 Å². The first kappa shape index (κ1) is 17.8. The smallest absolute Gasteiger partial charge is 0.417 e. The van der Waals surface area contributed by atoms with E-state index in [-0.39, 0.29) is 12.5 Å². The average molecular weight is 359 g/mol. The molecule has 0 unspecified atom stereocenters. The zero-order chi connectivity index (χ0) is 18.9. The fourth-order valence-electron chi connectivity index (χ4n) is 2.70. The van der Waals surface area contributed by atoms with E-state index in [0.29, 0.717) is 28.3 Å². The lowest BCUT2D eigenvalue weighted by Crippen LogP contribution is -2.07. The second kappa shape index (κ2) is 6.71. The van der Waals surface area contributed by atoms with Crippen LogP contribution in [-0.4, -0.2) is 15.5 Å². The fourth-order valence-corrected chi connectivity index (χ4v) is 2.70. The van der Waals surface area contributed by atoms with Crippen molar-refractivity contribution in [3.8, 4) is 23.1 Å². The highest BCUT2D eigenvalue weighted by Gasteiger charge is 2.31. The van der Waals surface area contributed by atoms with Crippen molar-refractivity contribution in [2.45, 2.75) is 32.5 Å². The number of ether oxygens (including phenoxy) is 1. The Kier molecular flexibility index (Phi) is 4.60. The molecule has 0 aliphatic carbocycles. The maximum atomic E-state index is 13.0. The molecular formula is C19H16F3N3O. The van der Waals surface area contributed by atoms with Crippen LogP contribution in [0.3, 0.4) is 0 Å². The zero-order valence-corrected chi connectivity index (χ0v) is 14.2. The molecule has 0 atom stereocenters. The Balaban J connectivity index is 2.10. The fraction of sp³-hybridized carbons (Fsp3) is 0.263. The number of nitriles is 1. The third-order valence-corrected chi connectivity index (χ3v) is 3.79. The molecule has 0 aliphatic heterocycles. The number of imidazole rings is 1. The van der Waals surface area contributed by atoms with Crippen LogP contribution in [0.2, 0.25) is 0 Å². The molecule has 0 spiro atoms. The normalized spacial score (nSPS) is 11.7. The summed E-state index contributed by atoms with van der Waals surface area (Å²) in [5, 5.41) is 9.11. The van der Waals surface area contributed by atoms with Gasteiger partial charge in [-0.25, -0.2) is 4.98 Å². The van der Waals surface area contributed by atoms with Crippen LogP contribution in [0.4, 0.5) is 13.2 Å². The molecule has 7 heteroatoms. The highest BCUT2D eigenvalue weighted by Crippen LogP contribution is 2.32. The van der Waals surface area contributed by atoms with Gasteiger partial charge in [-0.15, -0.1) is 0 Å². The molecule has 0 radical (unpaired) electrons. The molecule has 3 aromatic rings. The summed E-state index contributed by atoms with van der Waals surface area (Å²) in [6.07, 6.45) is -3.50. The number of rotatable bonds is 4. The van der Waals surface area contributed by atoms with E-state index in [1.165, 1.54) is 10.5 Å². The zero-order valence-electron chi connectivity index (χ0n) is 14.2. The summed E-state index contributed by atoms with van der Waals surface area (Å²) in [5.74, 6) is 0.689. The van der Waals surface area contributed by atoms with Gasteiger partial charge in [0.1, 0.15) is 11.4 Å². The summed E-state index contributed by atoms with van der Waals surface area (Å²) in [6, 6.07) is 11.4. The Morgan fingerprint density at radius 2 is 1.85 bits per heavy atom. The number of halogens is 3. The predicted molar refractivity (Wildman–Crippen MR) is 90.7 cm³/mol. The lowest BCUT2D eigenvalue weighted by molar-refractivity contribution is -0.137. The number of pyridine rings is 1. The molecule has 0 bridgehead atoms. The van der Waals surface area contributed by atoms with Gasteiger partial charge in [-0.2, -0.15) is 18.4 Å². The van der Waals surface area contributed by atoms with Gasteiger partial charge in [0.15, 0.2) is 0 Å². The Morgan fingerprint density at radius 3 is 2.42 bits per heavy atom. The van der Waals surface area contributed by atoms with Crippen molar-refractivity contribution in [1.82, 2.24) is 9.38 Å². The lowest BCUT2D eigenvalue weighted by Gasteiger charge is -2.10. The molecule has 0 aliphatic rings. The maximum absolute atomic E-state index is 13.0. The van der Waals surface area contributed by atoms with Crippen LogP contribution >= 0.6 is 0 Å². The Bertz CT molecular complexity index is 967. The van der Waals surface area contributed by atoms with Gasteiger partial charge in [0.2, 0.25) is 0 Å². The minimum atomic E-state index is -4.46. The molecule has 0 saturated heterocycles. The van der Waals surface area contributed by atoms with E-state index in [1.807, 2.05) is 19.9 Å². The van der Waals surface area contributed by atoms with Crippen molar-refractivity contribution in [2.24, 2.45) is 0 Å². The first-order chi connectivity index (χ1) is 12.3. The van der Waals surface area contributed by atoms with E-state index in [2.05, 4.69) is 4.98 Å². The first-order valence-electron chi connectivity index (χ1n) is 8.02. The van der Waals surface area contributed by atoms with Crippen molar-refractivity contribution in [3.63, 3.8) is 0 Å². The molecule has 134 valence electrons. The van der Waals surface area contributed by atoms with E-state index in [1.54, 1.807) is 24.3 Å². The van der Waals surface area contributed by atoms with Crippen LogP contribution in [0.25, 0.3) is 16.9 Å². The summed E-state index contributed by atoms with van der Waals surface area (Å²) in [4.78, 5) is 4.42. The van der Waals surface area contributed by atoms with Crippen LogP contribution in [0.5, 0.6) is 5.75 Å². The van der Waals surface area contributed by atoms with Crippen molar-refractivity contribution in [2.75, 3.05) is 0 Å². The van der Waals surface area contributed by atoms with Gasteiger partial charge >= 0.3 is 6.18 Å². The van der Waals surface area contributed by atoms with Gasteiger partial charge in [-0.05, 0) is 50.2 Å². The Labute approximate surface area is 148 Å². The van der Waals surface area contributed by atoms with Crippen molar-refractivity contribution < 1.29 is 17.9 Å². The van der Waals surface area contributed by atoms with Crippen LogP contribution < -0.4 is 4.74 Å². The number of hydrogen-bond acceptors (Lipinski definition) is 3. The third-order valence-electron chi connectivity index (χ3n) is 3.79. The molecule has 0 amide bonds. The predicted octanol–water partition coefficient (Wildman–Crippen LogP) is 4.87. The summed E-state index contributed by atoms with van der Waals surface area (Å²) in [6.45, 7) is 3.83. The summed E-state index contributed by atoms with van der Waals surface area (Å²) in [7, 11) is 0. The minimum Gasteiger partial charge on any atom is -0.491 e. The van der Waals surface area contributed by atoms with Gasteiger partial charge in [-0.3, -0.25) is 0 Å². The van der Waals surface area contributed by atoms with Crippen LogP contribution in [0.15, 0.2) is 42.6 Å². The standard InChI is InChI=1S/C19H16F3N3O/c1-12(2)26-15-6-3-13(4-7-15)18-16(9-10-23)25-11-14(19(20,21)22)5-8-17(25)24-18/h3-8,11-12H,9H2,1-2H3. The van der Waals surface area contributed by atoms with Gasteiger partial charge < -0.3 is 9.14 Å². The van der Waals surface area contributed by atoms with E-state index in [9.17, 15) is 13.2 Å². The van der Waals surface area contributed by atoms with E-state index in [4.69, 9.17) is 10.00 Å². The topological polar surface area (TPSA) is 50.3 Å². The highest BCUT2D eigenvalue weighted by atomic mass is 19.4.